The van der Waals surface area contributed by atoms with E-state index in [0.717, 1.165) is 0 Å². The Balaban J connectivity index is 1.68. The van der Waals surface area contributed by atoms with Crippen molar-refractivity contribution < 1.29 is 13.9 Å². The summed E-state index contributed by atoms with van der Waals surface area (Å²) in [5.74, 6) is -0.863. The normalized spacial score (nSPS) is 10.1. The predicted octanol–water partition coefficient (Wildman–Crippen LogP) is 3.06. The molecule has 0 fully saturated rings. The number of anilines is 1. The molecule has 1 amide bonds. The Morgan fingerprint density at radius 1 is 1.00 bits per heavy atom. The maximum Gasteiger partial charge on any atom is 0.322 e. The number of nitrogens with one attached hydrogen (secondary N) is 1. The molecular weight excluding hydrogens is 299 g/mol. The van der Waals surface area contributed by atoms with Crippen molar-refractivity contribution in [3.63, 3.8) is 0 Å². The van der Waals surface area contributed by atoms with E-state index in [2.05, 4.69) is 20.3 Å². The number of carbonyl (C=O) groups is 1. The van der Waals surface area contributed by atoms with Crippen molar-refractivity contribution in [1.29, 1.82) is 0 Å². The van der Waals surface area contributed by atoms with Gasteiger partial charge in [0, 0.05) is 6.20 Å². The number of benzene rings is 1. The molecule has 114 valence electrons. The third-order valence-electron chi connectivity index (χ3n) is 2.82. The van der Waals surface area contributed by atoms with E-state index in [4.69, 9.17) is 4.74 Å². The van der Waals surface area contributed by atoms with Gasteiger partial charge in [0.15, 0.2) is 11.6 Å². The zero-order valence-electron chi connectivity index (χ0n) is 11.8. The Labute approximate surface area is 131 Å². The molecule has 2 heterocycles. The lowest BCUT2D eigenvalue weighted by Gasteiger charge is -2.06. The van der Waals surface area contributed by atoms with Gasteiger partial charge in [-0.15, -0.1) is 0 Å². The van der Waals surface area contributed by atoms with E-state index in [1.165, 1.54) is 30.7 Å². The zero-order chi connectivity index (χ0) is 16.1. The third-order valence-corrected chi connectivity index (χ3v) is 2.82. The summed E-state index contributed by atoms with van der Waals surface area (Å²) in [5.41, 5.74) is 0.653. The number of hydrogen-bond donors (Lipinski definition) is 1. The van der Waals surface area contributed by atoms with Gasteiger partial charge >= 0.3 is 6.01 Å². The van der Waals surface area contributed by atoms with Crippen LogP contribution in [0.25, 0.3) is 0 Å². The van der Waals surface area contributed by atoms with Gasteiger partial charge in [-0.1, -0.05) is 18.2 Å². The summed E-state index contributed by atoms with van der Waals surface area (Å²) in [6.07, 6.45) is 4.25. The fraction of sp³-hybridized carbons (Fsp3) is 0. The molecule has 0 saturated heterocycles. The Hall–Kier alpha value is -3.35. The van der Waals surface area contributed by atoms with Gasteiger partial charge in [0.25, 0.3) is 5.91 Å². The SMILES string of the molecule is O=C(Nc1cnc(Oc2ccccc2F)nc1)c1ccccn1. The highest BCUT2D eigenvalue weighted by atomic mass is 19.1. The fourth-order valence-electron chi connectivity index (χ4n) is 1.75. The second kappa shape index (κ2) is 6.61. The molecule has 0 spiro atoms. The topological polar surface area (TPSA) is 77.0 Å². The number of rotatable bonds is 4. The molecule has 0 bridgehead atoms. The lowest BCUT2D eigenvalue weighted by molar-refractivity contribution is 0.102. The van der Waals surface area contributed by atoms with Crippen LogP contribution < -0.4 is 10.1 Å². The third kappa shape index (κ3) is 3.65. The van der Waals surface area contributed by atoms with Gasteiger partial charge in [0.2, 0.25) is 0 Å². The van der Waals surface area contributed by atoms with Gasteiger partial charge in [-0.3, -0.25) is 9.78 Å². The van der Waals surface area contributed by atoms with Crippen LogP contribution >= 0.6 is 0 Å². The second-order valence-electron chi connectivity index (χ2n) is 4.46. The van der Waals surface area contributed by atoms with E-state index in [0.29, 0.717) is 5.69 Å². The molecule has 3 aromatic rings. The number of amides is 1. The summed E-state index contributed by atoms with van der Waals surface area (Å²) in [5, 5.41) is 2.60. The number of aromatic nitrogens is 3. The van der Waals surface area contributed by atoms with Crippen molar-refractivity contribution >= 4 is 11.6 Å². The van der Waals surface area contributed by atoms with E-state index in [1.807, 2.05) is 0 Å². The molecule has 0 aliphatic heterocycles. The van der Waals surface area contributed by atoms with Crippen LogP contribution in [0.15, 0.2) is 61.1 Å². The molecule has 0 aliphatic carbocycles. The minimum Gasteiger partial charge on any atom is -0.421 e. The van der Waals surface area contributed by atoms with Crippen LogP contribution in [0.3, 0.4) is 0 Å². The molecule has 1 aromatic carbocycles. The number of hydrogen-bond acceptors (Lipinski definition) is 5. The van der Waals surface area contributed by atoms with Crippen molar-refractivity contribution in [2.24, 2.45) is 0 Å². The average molecular weight is 310 g/mol. The van der Waals surface area contributed by atoms with Crippen molar-refractivity contribution in [3.05, 3.63) is 72.6 Å². The first-order valence-electron chi connectivity index (χ1n) is 6.69. The smallest absolute Gasteiger partial charge is 0.322 e. The predicted molar refractivity (Wildman–Crippen MR) is 80.7 cm³/mol. The molecule has 0 unspecified atom stereocenters. The summed E-state index contributed by atoms with van der Waals surface area (Å²) in [6, 6.07) is 10.9. The number of para-hydroxylation sites is 1. The highest BCUT2D eigenvalue weighted by Gasteiger charge is 2.09. The molecule has 23 heavy (non-hydrogen) atoms. The van der Waals surface area contributed by atoms with Crippen molar-refractivity contribution in [2.75, 3.05) is 5.32 Å². The highest BCUT2D eigenvalue weighted by Crippen LogP contribution is 2.21. The Kier molecular flexibility index (Phi) is 4.19. The van der Waals surface area contributed by atoms with E-state index in [-0.39, 0.29) is 23.4 Å². The van der Waals surface area contributed by atoms with Crippen molar-refractivity contribution in [2.45, 2.75) is 0 Å². The van der Waals surface area contributed by atoms with Crippen LogP contribution in [0.1, 0.15) is 10.5 Å². The lowest BCUT2D eigenvalue weighted by atomic mass is 10.3. The van der Waals surface area contributed by atoms with E-state index in [1.54, 1.807) is 30.3 Å². The molecular formula is C16H11FN4O2. The first-order valence-corrected chi connectivity index (χ1v) is 6.69. The van der Waals surface area contributed by atoms with Crippen molar-refractivity contribution in [1.82, 2.24) is 15.0 Å². The van der Waals surface area contributed by atoms with Crippen LogP contribution in [-0.4, -0.2) is 20.9 Å². The first-order chi connectivity index (χ1) is 11.2. The minimum absolute atomic E-state index is 0.0223. The van der Waals surface area contributed by atoms with Gasteiger partial charge in [0.1, 0.15) is 5.69 Å². The van der Waals surface area contributed by atoms with E-state index in [9.17, 15) is 9.18 Å². The second-order valence-corrected chi connectivity index (χ2v) is 4.46. The van der Waals surface area contributed by atoms with E-state index < -0.39 is 5.82 Å². The molecule has 0 aliphatic rings. The fourth-order valence-corrected chi connectivity index (χ4v) is 1.75. The van der Waals surface area contributed by atoms with Gasteiger partial charge in [-0.25, -0.2) is 14.4 Å². The van der Waals surface area contributed by atoms with Gasteiger partial charge < -0.3 is 10.1 Å². The number of nitrogens with zero attached hydrogens (tertiary/aromatic N) is 3. The molecule has 0 saturated carbocycles. The minimum atomic E-state index is -0.511. The van der Waals surface area contributed by atoms with Crippen LogP contribution in [0, 0.1) is 5.82 Å². The van der Waals surface area contributed by atoms with Crippen LogP contribution in [0.2, 0.25) is 0 Å². The Morgan fingerprint density at radius 2 is 1.74 bits per heavy atom. The molecule has 0 radical (unpaired) electrons. The summed E-state index contributed by atoms with van der Waals surface area (Å²) in [7, 11) is 0. The molecule has 6 nitrogen and oxygen atoms in total. The van der Waals surface area contributed by atoms with Crippen LogP contribution in [0.4, 0.5) is 10.1 Å². The van der Waals surface area contributed by atoms with E-state index >= 15 is 0 Å². The van der Waals surface area contributed by atoms with Crippen LogP contribution in [0.5, 0.6) is 11.8 Å². The van der Waals surface area contributed by atoms with Gasteiger partial charge in [0.05, 0.1) is 18.1 Å². The maximum absolute atomic E-state index is 13.5. The maximum atomic E-state index is 13.5. The highest BCUT2D eigenvalue weighted by molar-refractivity contribution is 6.02. The number of ether oxygens (including phenoxy) is 1. The van der Waals surface area contributed by atoms with Crippen molar-refractivity contribution in [3.8, 4) is 11.8 Å². The summed E-state index contributed by atoms with van der Waals surface area (Å²) in [6.45, 7) is 0. The summed E-state index contributed by atoms with van der Waals surface area (Å²) >= 11 is 0. The van der Waals surface area contributed by atoms with Gasteiger partial charge in [-0.2, -0.15) is 0 Å². The summed E-state index contributed by atoms with van der Waals surface area (Å²) in [4.78, 5) is 23.7. The Bertz CT molecular complexity index is 810. The molecule has 3 rings (SSSR count). The zero-order valence-corrected chi connectivity index (χ0v) is 11.8. The quantitative estimate of drug-likeness (QED) is 0.801. The average Bonchev–Trinajstić information content (AvgIpc) is 2.59. The standard InChI is InChI=1S/C16H11FN4O2/c17-12-5-1-2-7-14(12)23-16-19-9-11(10-20-16)21-15(22)13-6-3-4-8-18-13/h1-10H,(H,21,22). The molecule has 7 heteroatoms. The molecule has 2 aromatic heterocycles. The summed E-state index contributed by atoms with van der Waals surface area (Å²) < 4.78 is 18.7. The number of halogens is 1. The Morgan fingerprint density at radius 3 is 2.43 bits per heavy atom. The first kappa shape index (κ1) is 14.6. The molecule has 0 atom stereocenters. The van der Waals surface area contributed by atoms with Gasteiger partial charge in [-0.05, 0) is 24.3 Å². The lowest BCUT2D eigenvalue weighted by Crippen LogP contribution is -2.13. The van der Waals surface area contributed by atoms with Crippen LogP contribution in [-0.2, 0) is 0 Å². The molecule has 1 N–H and O–H groups in total. The monoisotopic (exact) mass is 310 g/mol. The largest absolute Gasteiger partial charge is 0.421 e. The number of pyridine rings is 1. The number of carbonyl (C=O) groups excluding carboxylic acids is 1.